The number of rotatable bonds is 6. The molecule has 2 heterocycles. The molecule has 1 unspecified atom stereocenters. The Bertz CT molecular complexity index is 1030. The zero-order valence-corrected chi connectivity index (χ0v) is 18.8. The first-order chi connectivity index (χ1) is 15.8. The van der Waals surface area contributed by atoms with Crippen LogP contribution in [-0.4, -0.2) is 52.7 Å². The molecule has 1 atom stereocenters. The van der Waals surface area contributed by atoms with Crippen molar-refractivity contribution in [1.82, 2.24) is 15.0 Å². The number of hydrogen-bond acceptors (Lipinski definition) is 9. The first-order valence-electron chi connectivity index (χ1n) is 10.4. The van der Waals surface area contributed by atoms with Gasteiger partial charge in [0, 0.05) is 19.8 Å². The van der Waals surface area contributed by atoms with Gasteiger partial charge in [-0.05, 0) is 38.5 Å². The lowest BCUT2D eigenvalue weighted by atomic mass is 9.94. The minimum atomic E-state index is -1.16. The van der Waals surface area contributed by atoms with Crippen molar-refractivity contribution in [3.05, 3.63) is 71.7 Å². The van der Waals surface area contributed by atoms with Crippen LogP contribution in [0.4, 0.5) is 10.5 Å². The molecule has 2 aromatic rings. The Morgan fingerprint density at radius 1 is 1.12 bits per heavy atom. The van der Waals surface area contributed by atoms with Crippen LogP contribution in [0.1, 0.15) is 32.4 Å². The SMILES string of the molecule is CCN1C(=O)C(Nc2cccnc2)=C(C(=O)OOC(=O)OC(C)C)C(c2ccccc2)N1C. The molecule has 10 heteroatoms. The maximum atomic E-state index is 13.3. The summed E-state index contributed by atoms with van der Waals surface area (Å²) >= 11 is 0. The van der Waals surface area contributed by atoms with Crippen LogP contribution < -0.4 is 5.32 Å². The van der Waals surface area contributed by atoms with Crippen molar-refractivity contribution in [3.63, 3.8) is 0 Å². The number of nitrogens with zero attached hydrogens (tertiary/aromatic N) is 3. The number of pyridine rings is 1. The third-order valence-corrected chi connectivity index (χ3v) is 4.83. The monoisotopic (exact) mass is 454 g/mol. The number of hydrazine groups is 1. The Balaban J connectivity index is 2.08. The summed E-state index contributed by atoms with van der Waals surface area (Å²) in [6, 6.07) is 11.8. The normalized spacial score (nSPS) is 16.6. The summed E-state index contributed by atoms with van der Waals surface area (Å²) in [6.45, 7) is 5.44. The first-order valence-corrected chi connectivity index (χ1v) is 10.4. The van der Waals surface area contributed by atoms with Crippen LogP contribution >= 0.6 is 0 Å². The van der Waals surface area contributed by atoms with E-state index in [1.54, 1.807) is 44.2 Å². The van der Waals surface area contributed by atoms with Crippen LogP contribution in [0, 0.1) is 0 Å². The van der Waals surface area contributed by atoms with Gasteiger partial charge in [0.1, 0.15) is 5.70 Å². The van der Waals surface area contributed by atoms with Crippen molar-refractivity contribution in [2.24, 2.45) is 0 Å². The number of benzene rings is 1. The molecule has 0 bridgehead atoms. The van der Waals surface area contributed by atoms with E-state index in [-0.39, 0.29) is 11.3 Å². The van der Waals surface area contributed by atoms with Gasteiger partial charge in [-0.1, -0.05) is 30.3 Å². The molecule has 1 aromatic heterocycles. The van der Waals surface area contributed by atoms with Gasteiger partial charge in [-0.15, -0.1) is 0 Å². The van der Waals surface area contributed by atoms with Crippen molar-refractivity contribution in [1.29, 1.82) is 0 Å². The minimum Gasteiger partial charge on any atom is -0.429 e. The molecule has 0 fully saturated rings. The van der Waals surface area contributed by atoms with Crippen molar-refractivity contribution in [2.45, 2.75) is 32.9 Å². The van der Waals surface area contributed by atoms with Gasteiger partial charge in [-0.25, -0.2) is 19.6 Å². The van der Waals surface area contributed by atoms with E-state index in [1.165, 1.54) is 11.2 Å². The van der Waals surface area contributed by atoms with E-state index in [0.717, 1.165) is 5.56 Å². The summed E-state index contributed by atoms with van der Waals surface area (Å²) in [5, 5.41) is 6.14. The van der Waals surface area contributed by atoms with Crippen LogP contribution in [0.2, 0.25) is 0 Å². The molecule has 10 nitrogen and oxygen atoms in total. The highest BCUT2D eigenvalue weighted by molar-refractivity contribution is 6.06. The van der Waals surface area contributed by atoms with Gasteiger partial charge < -0.3 is 10.1 Å². The van der Waals surface area contributed by atoms with Gasteiger partial charge in [-0.2, -0.15) is 4.79 Å². The number of carbonyl (C=O) groups excluding carboxylic acids is 3. The summed E-state index contributed by atoms with van der Waals surface area (Å²) in [7, 11) is 1.70. The molecule has 0 aliphatic carbocycles. The van der Waals surface area contributed by atoms with E-state index in [0.29, 0.717) is 12.2 Å². The quantitative estimate of drug-likeness (QED) is 0.400. The maximum absolute atomic E-state index is 13.3. The zero-order valence-electron chi connectivity index (χ0n) is 18.8. The summed E-state index contributed by atoms with van der Waals surface area (Å²) < 4.78 is 4.83. The second-order valence-electron chi connectivity index (χ2n) is 7.43. The van der Waals surface area contributed by atoms with E-state index in [9.17, 15) is 14.4 Å². The first kappa shape index (κ1) is 23.7. The zero-order chi connectivity index (χ0) is 24.0. The Morgan fingerprint density at radius 3 is 2.45 bits per heavy atom. The number of carbonyl (C=O) groups is 3. The molecule has 1 aliphatic heterocycles. The maximum Gasteiger partial charge on any atom is 0.550 e. The van der Waals surface area contributed by atoms with Crippen molar-refractivity contribution in [2.75, 3.05) is 18.9 Å². The molecule has 0 saturated heterocycles. The largest absolute Gasteiger partial charge is 0.550 e. The highest BCUT2D eigenvalue weighted by atomic mass is 17.2. The third-order valence-electron chi connectivity index (χ3n) is 4.83. The molecule has 0 saturated carbocycles. The van der Waals surface area contributed by atoms with Gasteiger partial charge in [0.05, 0.1) is 29.6 Å². The second kappa shape index (κ2) is 10.6. The van der Waals surface area contributed by atoms with Crippen molar-refractivity contribution < 1.29 is 28.9 Å². The van der Waals surface area contributed by atoms with E-state index in [1.807, 2.05) is 37.3 Å². The van der Waals surface area contributed by atoms with Crippen LogP contribution in [-0.2, 0) is 24.1 Å². The van der Waals surface area contributed by atoms with Crippen molar-refractivity contribution >= 4 is 23.7 Å². The Labute approximate surface area is 191 Å². The average molecular weight is 454 g/mol. The lowest BCUT2D eigenvalue weighted by Gasteiger charge is -2.42. The van der Waals surface area contributed by atoms with Gasteiger partial charge >= 0.3 is 12.1 Å². The van der Waals surface area contributed by atoms with E-state index in [2.05, 4.69) is 15.2 Å². The van der Waals surface area contributed by atoms with Gasteiger partial charge in [0.15, 0.2) is 0 Å². The highest BCUT2D eigenvalue weighted by Gasteiger charge is 2.43. The molecular formula is C23H26N4O6. The fraction of sp³-hybridized carbons (Fsp3) is 0.304. The van der Waals surface area contributed by atoms with Crippen LogP contribution in [0.3, 0.4) is 0 Å². The predicted molar refractivity (Wildman–Crippen MR) is 118 cm³/mol. The number of aromatic nitrogens is 1. The number of hydrogen-bond donors (Lipinski definition) is 1. The number of ether oxygens (including phenoxy) is 1. The van der Waals surface area contributed by atoms with Gasteiger partial charge in [-0.3, -0.25) is 14.8 Å². The van der Waals surface area contributed by atoms with Gasteiger partial charge in [0.2, 0.25) is 0 Å². The van der Waals surface area contributed by atoms with Crippen LogP contribution in [0.25, 0.3) is 0 Å². The fourth-order valence-corrected chi connectivity index (χ4v) is 3.48. The van der Waals surface area contributed by atoms with Crippen LogP contribution in [0.15, 0.2) is 66.1 Å². The molecule has 0 spiro atoms. The molecule has 1 aliphatic rings. The Hall–Kier alpha value is -3.92. The molecule has 0 radical (unpaired) electrons. The number of nitrogens with one attached hydrogen (secondary N) is 1. The summed E-state index contributed by atoms with van der Waals surface area (Å²) in [5.41, 5.74) is 1.19. The van der Waals surface area contributed by atoms with Crippen molar-refractivity contribution in [3.8, 4) is 0 Å². The summed E-state index contributed by atoms with van der Waals surface area (Å²) in [6.07, 6.45) is 1.48. The van der Waals surface area contributed by atoms with Gasteiger partial charge in [0.25, 0.3) is 5.91 Å². The second-order valence-corrected chi connectivity index (χ2v) is 7.43. The average Bonchev–Trinajstić information content (AvgIpc) is 2.80. The molecular weight excluding hydrogens is 428 g/mol. The number of likely N-dealkylation sites (N-methyl/N-ethyl adjacent to an activating group) is 2. The predicted octanol–water partition coefficient (Wildman–Crippen LogP) is 3.22. The molecule has 33 heavy (non-hydrogen) atoms. The molecule has 1 amide bonds. The smallest absolute Gasteiger partial charge is 0.429 e. The third kappa shape index (κ3) is 5.47. The molecule has 1 N–H and O–H groups in total. The molecule has 3 rings (SSSR count). The lowest BCUT2D eigenvalue weighted by molar-refractivity contribution is -0.242. The van der Waals surface area contributed by atoms with E-state index < -0.39 is 30.2 Å². The Kier molecular flexibility index (Phi) is 7.62. The van der Waals surface area contributed by atoms with E-state index >= 15 is 0 Å². The summed E-state index contributed by atoms with van der Waals surface area (Å²) in [5.74, 6) is -1.46. The molecule has 174 valence electrons. The highest BCUT2D eigenvalue weighted by Crippen LogP contribution is 2.36. The minimum absolute atomic E-state index is 0.0115. The molecule has 1 aromatic carbocycles. The number of amides is 1. The van der Waals surface area contributed by atoms with Crippen LogP contribution in [0.5, 0.6) is 0 Å². The fourth-order valence-electron chi connectivity index (χ4n) is 3.48. The standard InChI is InChI=1S/C23H26N4O6/c1-5-27-21(28)19(25-17-12-9-13-24-14-17)18(22(29)32-33-23(30)31-15(2)3)20(26(27)4)16-10-7-6-8-11-16/h6-15,20,25H,5H2,1-4H3. The Morgan fingerprint density at radius 2 is 1.85 bits per heavy atom. The van der Waals surface area contributed by atoms with E-state index in [4.69, 9.17) is 9.62 Å². The lowest BCUT2D eigenvalue weighted by Crippen LogP contribution is -2.53. The topological polar surface area (TPSA) is 110 Å². The summed E-state index contributed by atoms with van der Waals surface area (Å²) in [4.78, 5) is 51.7. The number of anilines is 1.